The molecule has 1 fully saturated rings. The van der Waals surface area contributed by atoms with Crippen molar-refractivity contribution in [3.8, 4) is 0 Å². The van der Waals surface area contributed by atoms with Gasteiger partial charge in [0.2, 0.25) is 0 Å². The van der Waals surface area contributed by atoms with E-state index in [1.807, 2.05) is 52.0 Å². The molecule has 1 aromatic heterocycles. The maximum Gasteiger partial charge on any atom is 0.495 e. The first-order chi connectivity index (χ1) is 10.8. The zero-order valence-corrected chi connectivity index (χ0v) is 14.5. The first-order valence-corrected chi connectivity index (χ1v) is 8.57. The summed E-state index contributed by atoms with van der Waals surface area (Å²) in [7, 11) is -0.485. The summed E-state index contributed by atoms with van der Waals surface area (Å²) in [4.78, 5) is 0. The van der Waals surface area contributed by atoms with E-state index in [9.17, 15) is 4.39 Å². The molecule has 1 saturated heterocycles. The van der Waals surface area contributed by atoms with E-state index in [4.69, 9.17) is 9.31 Å². The molecular formula is C18H18BFO2S. The van der Waals surface area contributed by atoms with E-state index in [1.54, 1.807) is 6.07 Å². The molecule has 0 atom stereocenters. The van der Waals surface area contributed by atoms with Crippen LogP contribution in [0.4, 0.5) is 4.39 Å². The van der Waals surface area contributed by atoms with Crippen molar-refractivity contribution < 1.29 is 13.7 Å². The second kappa shape index (κ2) is 4.79. The molecule has 0 N–H and O–H groups in total. The Hall–Kier alpha value is -1.43. The smallest absolute Gasteiger partial charge is 0.399 e. The molecule has 0 aliphatic carbocycles. The number of rotatable bonds is 1. The molecule has 118 valence electrons. The van der Waals surface area contributed by atoms with E-state index in [2.05, 4.69) is 0 Å². The third-order valence-electron chi connectivity index (χ3n) is 5.02. The average molecular weight is 328 g/mol. The quantitative estimate of drug-likeness (QED) is 0.613. The van der Waals surface area contributed by atoms with Gasteiger partial charge < -0.3 is 9.31 Å². The lowest BCUT2D eigenvalue weighted by atomic mass is 9.76. The second-order valence-electron chi connectivity index (χ2n) is 7.03. The SMILES string of the molecule is CC1(C)OB(c2ccc(F)c3sc4ccccc4c23)OC1(C)C. The van der Waals surface area contributed by atoms with Crippen molar-refractivity contribution >= 4 is 44.1 Å². The molecule has 4 rings (SSSR count). The summed E-state index contributed by atoms with van der Waals surface area (Å²) < 4.78 is 28.4. The lowest BCUT2D eigenvalue weighted by molar-refractivity contribution is 0.00578. The van der Waals surface area contributed by atoms with Crippen LogP contribution in [0.3, 0.4) is 0 Å². The summed E-state index contributed by atoms with van der Waals surface area (Å²) in [6, 6.07) is 11.3. The molecule has 2 aromatic carbocycles. The molecular weight excluding hydrogens is 310 g/mol. The highest BCUT2D eigenvalue weighted by Crippen LogP contribution is 2.39. The van der Waals surface area contributed by atoms with Gasteiger partial charge in [-0.05, 0) is 45.3 Å². The van der Waals surface area contributed by atoms with Gasteiger partial charge in [0.1, 0.15) is 5.82 Å². The van der Waals surface area contributed by atoms with Crippen molar-refractivity contribution in [1.29, 1.82) is 0 Å². The van der Waals surface area contributed by atoms with Crippen molar-refractivity contribution in [3.05, 3.63) is 42.2 Å². The van der Waals surface area contributed by atoms with Crippen LogP contribution in [-0.4, -0.2) is 18.3 Å². The number of fused-ring (bicyclic) bond motifs is 3. The summed E-state index contributed by atoms with van der Waals surface area (Å²) in [5, 5.41) is 1.96. The molecule has 2 heterocycles. The Morgan fingerprint density at radius 2 is 1.61 bits per heavy atom. The van der Waals surface area contributed by atoms with Crippen molar-refractivity contribution in [2.75, 3.05) is 0 Å². The highest BCUT2D eigenvalue weighted by atomic mass is 32.1. The fourth-order valence-electron chi connectivity index (χ4n) is 2.99. The Bertz CT molecular complexity index is 900. The molecule has 1 aliphatic rings. The van der Waals surface area contributed by atoms with E-state index < -0.39 is 18.3 Å². The van der Waals surface area contributed by atoms with Crippen LogP contribution in [0.1, 0.15) is 27.7 Å². The molecule has 0 amide bonds. The summed E-state index contributed by atoms with van der Waals surface area (Å²) in [5.41, 5.74) is 0.0755. The molecule has 3 aromatic rings. The van der Waals surface area contributed by atoms with Gasteiger partial charge in [0.15, 0.2) is 0 Å². The summed E-state index contributed by atoms with van der Waals surface area (Å²) in [5.74, 6) is -0.193. The van der Waals surface area contributed by atoms with Gasteiger partial charge in [-0.15, -0.1) is 11.3 Å². The topological polar surface area (TPSA) is 18.5 Å². The summed E-state index contributed by atoms with van der Waals surface area (Å²) in [6.45, 7) is 8.11. The molecule has 2 nitrogen and oxygen atoms in total. The Kier molecular flexibility index (Phi) is 3.15. The van der Waals surface area contributed by atoms with Crippen LogP contribution >= 0.6 is 11.3 Å². The van der Waals surface area contributed by atoms with E-state index in [0.717, 1.165) is 20.9 Å². The third kappa shape index (κ3) is 2.14. The van der Waals surface area contributed by atoms with E-state index in [1.165, 1.54) is 17.4 Å². The van der Waals surface area contributed by atoms with Gasteiger partial charge in [-0.1, -0.05) is 24.3 Å². The first kappa shape index (κ1) is 15.1. The fraction of sp³-hybridized carbons (Fsp3) is 0.333. The molecule has 5 heteroatoms. The lowest BCUT2D eigenvalue weighted by Gasteiger charge is -2.32. The van der Waals surface area contributed by atoms with E-state index >= 15 is 0 Å². The Morgan fingerprint density at radius 1 is 0.957 bits per heavy atom. The number of thiophene rings is 1. The monoisotopic (exact) mass is 328 g/mol. The lowest BCUT2D eigenvalue weighted by Crippen LogP contribution is -2.41. The van der Waals surface area contributed by atoms with Crippen LogP contribution in [0.25, 0.3) is 20.2 Å². The zero-order valence-electron chi connectivity index (χ0n) is 13.6. The fourth-order valence-corrected chi connectivity index (χ4v) is 4.13. The van der Waals surface area contributed by atoms with Crippen molar-refractivity contribution in [2.45, 2.75) is 38.9 Å². The van der Waals surface area contributed by atoms with Gasteiger partial charge in [0.05, 0.1) is 15.9 Å². The predicted molar refractivity (Wildman–Crippen MR) is 95.0 cm³/mol. The third-order valence-corrected chi connectivity index (χ3v) is 6.20. The van der Waals surface area contributed by atoms with Crippen LogP contribution in [0.2, 0.25) is 0 Å². The standard InChI is InChI=1S/C18H18BFO2S/c1-17(2)18(3,4)22-19(21-17)12-9-10-13(20)16-15(12)11-7-5-6-8-14(11)23-16/h5-10H,1-4H3. The minimum Gasteiger partial charge on any atom is -0.399 e. The maximum absolute atomic E-state index is 14.3. The van der Waals surface area contributed by atoms with Gasteiger partial charge in [0, 0.05) is 15.5 Å². The average Bonchev–Trinajstić information content (AvgIpc) is 2.96. The van der Waals surface area contributed by atoms with Gasteiger partial charge in [-0.2, -0.15) is 0 Å². The molecule has 0 spiro atoms. The summed E-state index contributed by atoms with van der Waals surface area (Å²) >= 11 is 1.47. The Labute approximate surface area is 139 Å². The minimum atomic E-state index is -0.485. The number of halogens is 1. The minimum absolute atomic E-state index is 0.193. The van der Waals surface area contributed by atoms with Crippen molar-refractivity contribution in [2.24, 2.45) is 0 Å². The van der Waals surface area contributed by atoms with Crippen molar-refractivity contribution in [1.82, 2.24) is 0 Å². The molecule has 0 radical (unpaired) electrons. The van der Waals surface area contributed by atoms with Crippen LogP contribution in [0, 0.1) is 5.82 Å². The van der Waals surface area contributed by atoms with Crippen LogP contribution < -0.4 is 5.46 Å². The predicted octanol–water partition coefficient (Wildman–Crippen LogP) is 4.49. The maximum atomic E-state index is 14.3. The Morgan fingerprint density at radius 3 is 2.30 bits per heavy atom. The Balaban J connectivity index is 1.97. The molecule has 23 heavy (non-hydrogen) atoms. The van der Waals surface area contributed by atoms with Crippen molar-refractivity contribution in [3.63, 3.8) is 0 Å². The zero-order chi connectivity index (χ0) is 16.4. The highest BCUT2D eigenvalue weighted by Gasteiger charge is 2.52. The highest BCUT2D eigenvalue weighted by molar-refractivity contribution is 7.26. The molecule has 0 unspecified atom stereocenters. The number of hydrogen-bond acceptors (Lipinski definition) is 3. The van der Waals surface area contributed by atoms with Crippen LogP contribution in [0.15, 0.2) is 36.4 Å². The van der Waals surface area contributed by atoms with Gasteiger partial charge in [-0.25, -0.2) is 4.39 Å². The first-order valence-electron chi connectivity index (χ1n) is 7.75. The normalized spacial score (nSPS) is 19.8. The van der Waals surface area contributed by atoms with Gasteiger partial charge >= 0.3 is 7.12 Å². The largest absolute Gasteiger partial charge is 0.495 e. The molecule has 1 aliphatic heterocycles. The van der Waals surface area contributed by atoms with Gasteiger partial charge in [0.25, 0.3) is 0 Å². The summed E-state index contributed by atoms with van der Waals surface area (Å²) in [6.07, 6.45) is 0. The van der Waals surface area contributed by atoms with Gasteiger partial charge in [-0.3, -0.25) is 0 Å². The van der Waals surface area contributed by atoms with Crippen LogP contribution in [-0.2, 0) is 9.31 Å². The van der Waals surface area contributed by atoms with E-state index in [-0.39, 0.29) is 5.82 Å². The molecule has 0 bridgehead atoms. The number of benzene rings is 2. The number of hydrogen-bond donors (Lipinski definition) is 0. The second-order valence-corrected chi connectivity index (χ2v) is 8.08. The molecule has 0 saturated carbocycles. The van der Waals surface area contributed by atoms with Crippen LogP contribution in [0.5, 0.6) is 0 Å². The van der Waals surface area contributed by atoms with E-state index in [0.29, 0.717) is 4.70 Å².